The second-order valence-electron chi connectivity index (χ2n) is 10.8. The predicted octanol–water partition coefficient (Wildman–Crippen LogP) is 4.00. The number of aryl methyl sites for hydroxylation is 2. The van der Waals surface area contributed by atoms with E-state index >= 15 is 0 Å². The van der Waals surface area contributed by atoms with Gasteiger partial charge < -0.3 is 10.6 Å². The summed E-state index contributed by atoms with van der Waals surface area (Å²) in [4.78, 5) is 27.2. The zero-order valence-corrected chi connectivity index (χ0v) is 23.2. The van der Waals surface area contributed by atoms with Crippen molar-refractivity contribution in [3.05, 3.63) is 53.6 Å². The van der Waals surface area contributed by atoms with Crippen LogP contribution in [-0.2, 0) is 15.6 Å². The molecule has 3 aromatic rings. The van der Waals surface area contributed by atoms with Gasteiger partial charge in [-0.1, -0.05) is 12.1 Å². The van der Waals surface area contributed by atoms with Crippen molar-refractivity contribution in [2.75, 3.05) is 17.3 Å². The summed E-state index contributed by atoms with van der Waals surface area (Å²) in [6.07, 6.45) is 7.59. The van der Waals surface area contributed by atoms with Gasteiger partial charge in [-0.3, -0.25) is 23.6 Å². The fourth-order valence-corrected chi connectivity index (χ4v) is 6.44. The van der Waals surface area contributed by atoms with Crippen molar-refractivity contribution in [1.82, 2.24) is 25.3 Å². The smallest absolute Gasteiger partial charge is 0.270 e. The van der Waals surface area contributed by atoms with Crippen molar-refractivity contribution >= 4 is 28.3 Å². The van der Waals surface area contributed by atoms with E-state index < -0.39 is 16.8 Å². The van der Waals surface area contributed by atoms with E-state index in [1.165, 1.54) is 0 Å². The molecule has 2 saturated carbocycles. The van der Waals surface area contributed by atoms with Crippen molar-refractivity contribution in [2.24, 2.45) is 17.8 Å². The maximum Gasteiger partial charge on any atom is 0.270 e. The van der Waals surface area contributed by atoms with Crippen LogP contribution in [-0.4, -0.2) is 54.1 Å². The van der Waals surface area contributed by atoms with Gasteiger partial charge in [-0.15, -0.1) is 0 Å². The van der Waals surface area contributed by atoms with Gasteiger partial charge in [0.15, 0.2) is 0 Å². The summed E-state index contributed by atoms with van der Waals surface area (Å²) in [5, 5.41) is 17.7. The molecule has 5 rings (SSSR count). The van der Waals surface area contributed by atoms with Crippen LogP contribution in [0.1, 0.15) is 60.5 Å². The Kier molecular flexibility index (Phi) is 7.52. The highest BCUT2D eigenvalue weighted by molar-refractivity contribution is 7.84. The number of nitrogens with zero attached hydrogens (tertiary/aromatic N) is 3. The summed E-state index contributed by atoms with van der Waals surface area (Å²) >= 11 is 0. The first-order valence-corrected chi connectivity index (χ1v) is 15.0. The van der Waals surface area contributed by atoms with E-state index in [0.29, 0.717) is 29.0 Å². The molecule has 2 fully saturated rings. The van der Waals surface area contributed by atoms with Crippen LogP contribution in [0.3, 0.4) is 0 Å². The Labute approximate surface area is 225 Å². The van der Waals surface area contributed by atoms with Gasteiger partial charge in [0.1, 0.15) is 11.7 Å². The Morgan fingerprint density at radius 1 is 1.11 bits per heavy atom. The summed E-state index contributed by atoms with van der Waals surface area (Å²) in [6, 6.07) is 8.55. The average molecular weight is 537 g/mol. The number of aromatic amines is 1. The van der Waals surface area contributed by atoms with Gasteiger partial charge in [-0.05, 0) is 88.0 Å². The lowest BCUT2D eigenvalue weighted by atomic mass is 9.88. The van der Waals surface area contributed by atoms with Crippen molar-refractivity contribution < 1.29 is 13.8 Å². The van der Waals surface area contributed by atoms with Gasteiger partial charge in [0.2, 0.25) is 5.91 Å². The maximum absolute atomic E-state index is 13.7. The lowest BCUT2D eigenvalue weighted by Gasteiger charge is -2.28. The van der Waals surface area contributed by atoms with Crippen LogP contribution in [0.25, 0.3) is 11.1 Å². The molecular formula is C28H36N6O3S. The van der Waals surface area contributed by atoms with Crippen LogP contribution in [0.4, 0.5) is 5.69 Å². The summed E-state index contributed by atoms with van der Waals surface area (Å²) in [5.41, 5.74) is 5.08. The molecule has 0 bridgehead atoms. The number of amides is 2. The average Bonchev–Trinajstić information content (AvgIpc) is 3.81. The topological polar surface area (TPSA) is 122 Å². The van der Waals surface area contributed by atoms with E-state index in [2.05, 4.69) is 25.9 Å². The van der Waals surface area contributed by atoms with Crippen molar-refractivity contribution in [2.45, 2.75) is 58.5 Å². The van der Waals surface area contributed by atoms with Gasteiger partial charge >= 0.3 is 0 Å². The van der Waals surface area contributed by atoms with Crippen LogP contribution < -0.4 is 10.6 Å². The SMILES string of the molecule is Cc1n[nH]c(C)c1-c1ccc(NC(=O)[C@@H](NC(=O)c2ccnn2C(C)CS(C)=O)C(C2CC2)C2CC2)cc1. The number of carbonyl (C=O) groups is 2. The third kappa shape index (κ3) is 5.75. The van der Waals surface area contributed by atoms with Crippen molar-refractivity contribution in [3.63, 3.8) is 0 Å². The molecule has 3 N–H and O–H groups in total. The first-order chi connectivity index (χ1) is 18.2. The van der Waals surface area contributed by atoms with Crippen LogP contribution in [0, 0.1) is 31.6 Å². The molecule has 2 aromatic heterocycles. The second-order valence-corrected chi connectivity index (χ2v) is 12.3. The monoisotopic (exact) mass is 536 g/mol. The van der Waals surface area contributed by atoms with Crippen LogP contribution >= 0.6 is 0 Å². The third-order valence-electron chi connectivity index (χ3n) is 7.65. The molecule has 10 heteroatoms. The molecule has 0 spiro atoms. The standard InChI is InChI=1S/C28H36N6O3S/c1-16(15-38(4)37)34-23(13-14-29-34)27(35)31-26(25(20-5-6-20)21-7-8-21)28(36)30-22-11-9-19(10-12-22)24-17(2)32-33-18(24)3/h9-14,16,20-21,25-26H,5-8,15H2,1-4H3,(H,30,36)(H,31,35)(H,32,33)/t16?,26-,38?/m0/s1. The zero-order valence-electron chi connectivity index (χ0n) is 22.4. The van der Waals surface area contributed by atoms with Gasteiger partial charge in [-0.25, -0.2) is 0 Å². The van der Waals surface area contributed by atoms with E-state index in [-0.39, 0.29) is 23.8 Å². The number of rotatable bonds is 11. The minimum absolute atomic E-state index is 0.117. The molecule has 2 amide bonds. The Balaban J connectivity index is 1.35. The molecular weight excluding hydrogens is 500 g/mol. The number of anilines is 1. The summed E-state index contributed by atoms with van der Waals surface area (Å²) in [6.45, 7) is 5.84. The second kappa shape index (κ2) is 10.8. The van der Waals surface area contributed by atoms with E-state index in [4.69, 9.17) is 0 Å². The number of H-pyrrole nitrogens is 1. The molecule has 2 aliphatic rings. The van der Waals surface area contributed by atoms with Gasteiger partial charge in [0.25, 0.3) is 5.91 Å². The van der Waals surface area contributed by atoms with Gasteiger partial charge in [0, 0.05) is 45.9 Å². The quantitative estimate of drug-likeness (QED) is 0.342. The van der Waals surface area contributed by atoms with Crippen molar-refractivity contribution in [1.29, 1.82) is 0 Å². The molecule has 0 saturated heterocycles. The molecule has 3 atom stereocenters. The Morgan fingerprint density at radius 2 is 1.76 bits per heavy atom. The van der Waals surface area contributed by atoms with E-state index in [0.717, 1.165) is 48.2 Å². The highest BCUT2D eigenvalue weighted by Crippen LogP contribution is 2.51. The minimum Gasteiger partial charge on any atom is -0.339 e. The molecule has 0 aliphatic heterocycles. The summed E-state index contributed by atoms with van der Waals surface area (Å²) in [5.74, 6) is 0.903. The highest BCUT2D eigenvalue weighted by Gasteiger charge is 2.48. The predicted molar refractivity (Wildman–Crippen MR) is 148 cm³/mol. The summed E-state index contributed by atoms with van der Waals surface area (Å²) < 4.78 is 13.4. The number of benzene rings is 1. The van der Waals surface area contributed by atoms with Crippen LogP contribution in [0.15, 0.2) is 36.5 Å². The van der Waals surface area contributed by atoms with E-state index in [1.807, 2.05) is 45.0 Å². The van der Waals surface area contributed by atoms with Crippen LogP contribution in [0.5, 0.6) is 0 Å². The largest absolute Gasteiger partial charge is 0.339 e. The fourth-order valence-electron chi connectivity index (χ4n) is 5.62. The van der Waals surface area contributed by atoms with Crippen LogP contribution in [0.2, 0.25) is 0 Å². The lowest BCUT2D eigenvalue weighted by Crippen LogP contribution is -2.50. The molecule has 2 heterocycles. The Bertz CT molecular complexity index is 1310. The molecule has 202 valence electrons. The maximum atomic E-state index is 13.7. The Hall–Kier alpha value is -3.27. The van der Waals surface area contributed by atoms with Gasteiger partial charge in [0.05, 0.1) is 11.7 Å². The minimum atomic E-state index is -1.02. The number of aromatic nitrogens is 4. The molecule has 2 unspecified atom stereocenters. The lowest BCUT2D eigenvalue weighted by molar-refractivity contribution is -0.119. The number of hydrogen-bond acceptors (Lipinski definition) is 5. The zero-order chi connectivity index (χ0) is 27.0. The fraction of sp³-hybridized carbons (Fsp3) is 0.500. The molecule has 9 nitrogen and oxygen atoms in total. The van der Waals surface area contributed by atoms with Gasteiger partial charge in [-0.2, -0.15) is 10.2 Å². The molecule has 38 heavy (non-hydrogen) atoms. The normalized spacial score (nSPS) is 17.7. The van der Waals surface area contributed by atoms with E-state index in [1.54, 1.807) is 23.2 Å². The molecule has 2 aliphatic carbocycles. The third-order valence-corrected chi connectivity index (χ3v) is 8.60. The van der Waals surface area contributed by atoms with Crippen molar-refractivity contribution in [3.8, 4) is 11.1 Å². The first kappa shape index (κ1) is 26.3. The highest BCUT2D eigenvalue weighted by atomic mass is 32.2. The number of carbonyl (C=O) groups excluding carboxylic acids is 2. The molecule has 1 aromatic carbocycles. The molecule has 0 radical (unpaired) electrons. The Morgan fingerprint density at radius 3 is 2.32 bits per heavy atom. The van der Waals surface area contributed by atoms with E-state index in [9.17, 15) is 13.8 Å². The first-order valence-electron chi connectivity index (χ1n) is 13.3. The summed E-state index contributed by atoms with van der Waals surface area (Å²) in [7, 11) is -1.02. The number of hydrogen-bond donors (Lipinski definition) is 3. The number of nitrogens with one attached hydrogen (secondary N) is 3.